The van der Waals surface area contributed by atoms with Crippen molar-refractivity contribution in [3.63, 3.8) is 0 Å². The van der Waals surface area contributed by atoms with Crippen LogP contribution >= 0.6 is 11.6 Å². The lowest BCUT2D eigenvalue weighted by Crippen LogP contribution is -2.39. The van der Waals surface area contributed by atoms with Crippen LogP contribution in [0, 0.1) is 0 Å². The van der Waals surface area contributed by atoms with Crippen molar-refractivity contribution < 1.29 is 14.3 Å². The first-order valence-electron chi connectivity index (χ1n) is 9.80. The van der Waals surface area contributed by atoms with Crippen LogP contribution in [-0.4, -0.2) is 29.9 Å². The van der Waals surface area contributed by atoms with E-state index in [9.17, 15) is 9.59 Å². The van der Waals surface area contributed by atoms with Gasteiger partial charge < -0.3 is 9.64 Å². The highest BCUT2D eigenvalue weighted by atomic mass is 35.5. The Labute approximate surface area is 178 Å². The standard InChI is InChI=1S/C24H28ClNO3/c1-5-8-14-26-17(4)23(24(28)29-16-18(7-3)9-6-2)21(15-22(26)27)19-10-12-20(25)13-11-19/h6-7,9-13,21H,2-3,5,8,14-16H2,1,4H3/b18-9+. The zero-order chi connectivity index (χ0) is 21.4. The van der Waals surface area contributed by atoms with Gasteiger partial charge in [0.2, 0.25) is 5.91 Å². The van der Waals surface area contributed by atoms with Gasteiger partial charge in [-0.15, -0.1) is 0 Å². The van der Waals surface area contributed by atoms with E-state index in [4.69, 9.17) is 16.3 Å². The number of benzene rings is 1. The molecule has 0 radical (unpaired) electrons. The summed E-state index contributed by atoms with van der Waals surface area (Å²) in [6.45, 7) is 12.0. The van der Waals surface area contributed by atoms with Crippen molar-refractivity contribution in [3.05, 3.63) is 83.1 Å². The molecule has 1 aliphatic rings. The minimum atomic E-state index is -0.423. The number of amides is 1. The van der Waals surface area contributed by atoms with E-state index in [2.05, 4.69) is 20.1 Å². The van der Waals surface area contributed by atoms with Crippen LogP contribution in [0.2, 0.25) is 5.02 Å². The van der Waals surface area contributed by atoms with E-state index in [1.54, 1.807) is 35.3 Å². The second-order valence-electron chi connectivity index (χ2n) is 6.96. The first-order chi connectivity index (χ1) is 13.9. The summed E-state index contributed by atoms with van der Waals surface area (Å²) in [5.74, 6) is -0.764. The first-order valence-corrected chi connectivity index (χ1v) is 10.2. The van der Waals surface area contributed by atoms with Gasteiger partial charge in [-0.3, -0.25) is 4.79 Å². The number of esters is 1. The summed E-state index contributed by atoms with van der Waals surface area (Å²) < 4.78 is 5.57. The number of halogens is 1. The zero-order valence-electron chi connectivity index (χ0n) is 17.1. The minimum Gasteiger partial charge on any atom is -0.457 e. The van der Waals surface area contributed by atoms with Gasteiger partial charge in [0.1, 0.15) is 6.61 Å². The Bertz CT molecular complexity index is 836. The maximum Gasteiger partial charge on any atom is 0.336 e. The minimum absolute atomic E-state index is 0.0192. The summed E-state index contributed by atoms with van der Waals surface area (Å²) >= 11 is 6.01. The van der Waals surface area contributed by atoms with Crippen LogP contribution in [0.15, 0.2) is 72.5 Å². The summed E-state index contributed by atoms with van der Waals surface area (Å²) in [5.41, 5.74) is 2.80. The molecule has 1 amide bonds. The number of carbonyl (C=O) groups is 2. The quantitative estimate of drug-likeness (QED) is 0.392. The van der Waals surface area contributed by atoms with Crippen LogP contribution in [0.3, 0.4) is 0 Å². The van der Waals surface area contributed by atoms with Gasteiger partial charge in [-0.25, -0.2) is 4.79 Å². The molecule has 5 heteroatoms. The largest absolute Gasteiger partial charge is 0.457 e. The first kappa shape index (κ1) is 22.7. The molecule has 0 aliphatic carbocycles. The van der Waals surface area contributed by atoms with Gasteiger partial charge in [-0.2, -0.15) is 0 Å². The average molecular weight is 414 g/mol. The van der Waals surface area contributed by atoms with Crippen molar-refractivity contribution in [1.29, 1.82) is 0 Å². The number of rotatable bonds is 9. The Morgan fingerprint density at radius 3 is 2.59 bits per heavy atom. The summed E-state index contributed by atoms with van der Waals surface area (Å²) in [7, 11) is 0. The van der Waals surface area contributed by atoms with E-state index in [1.807, 2.05) is 19.1 Å². The van der Waals surface area contributed by atoms with Crippen molar-refractivity contribution in [1.82, 2.24) is 4.90 Å². The summed E-state index contributed by atoms with van der Waals surface area (Å²) in [6, 6.07) is 7.25. The molecule has 0 aromatic heterocycles. The highest BCUT2D eigenvalue weighted by Gasteiger charge is 2.36. The van der Waals surface area contributed by atoms with E-state index in [1.165, 1.54) is 0 Å². The van der Waals surface area contributed by atoms with Crippen molar-refractivity contribution in [2.75, 3.05) is 13.2 Å². The highest BCUT2D eigenvalue weighted by molar-refractivity contribution is 6.30. The number of ether oxygens (including phenoxy) is 1. The lowest BCUT2D eigenvalue weighted by atomic mass is 9.83. The van der Waals surface area contributed by atoms with Crippen LogP contribution < -0.4 is 0 Å². The van der Waals surface area contributed by atoms with Gasteiger partial charge in [-0.05, 0) is 36.6 Å². The van der Waals surface area contributed by atoms with E-state index in [0.717, 1.165) is 24.0 Å². The third-order valence-corrected chi connectivity index (χ3v) is 5.27. The van der Waals surface area contributed by atoms with Crippen LogP contribution in [0.4, 0.5) is 0 Å². The molecule has 29 heavy (non-hydrogen) atoms. The van der Waals surface area contributed by atoms with Gasteiger partial charge in [0.05, 0.1) is 5.57 Å². The lowest BCUT2D eigenvalue weighted by Gasteiger charge is -2.34. The Hall–Kier alpha value is -2.59. The number of hydrogen-bond acceptors (Lipinski definition) is 3. The molecule has 154 valence electrons. The molecule has 1 aromatic carbocycles. The van der Waals surface area contributed by atoms with Crippen molar-refractivity contribution >= 4 is 23.5 Å². The molecule has 0 saturated heterocycles. The molecule has 1 heterocycles. The van der Waals surface area contributed by atoms with E-state index in [0.29, 0.717) is 22.8 Å². The number of hydrogen-bond donors (Lipinski definition) is 0. The second kappa shape index (κ2) is 10.8. The summed E-state index contributed by atoms with van der Waals surface area (Å²) in [5, 5.41) is 0.607. The second-order valence-corrected chi connectivity index (χ2v) is 7.40. The van der Waals surface area contributed by atoms with Gasteiger partial charge >= 0.3 is 5.97 Å². The lowest BCUT2D eigenvalue weighted by molar-refractivity contribution is -0.139. The molecule has 1 atom stereocenters. The van der Waals surface area contributed by atoms with Gasteiger partial charge in [0, 0.05) is 29.6 Å². The van der Waals surface area contributed by atoms with Gasteiger partial charge in [0.25, 0.3) is 0 Å². The van der Waals surface area contributed by atoms with Gasteiger partial charge in [-0.1, -0.05) is 68.5 Å². The Morgan fingerprint density at radius 2 is 2.00 bits per heavy atom. The Balaban J connectivity index is 2.40. The normalized spacial score (nSPS) is 17.3. The molecule has 1 aliphatic heterocycles. The molecule has 0 N–H and O–H groups in total. The fourth-order valence-electron chi connectivity index (χ4n) is 3.40. The highest BCUT2D eigenvalue weighted by Crippen LogP contribution is 2.37. The molecule has 4 nitrogen and oxygen atoms in total. The molecule has 0 spiro atoms. The van der Waals surface area contributed by atoms with Crippen LogP contribution in [0.25, 0.3) is 0 Å². The molecular formula is C24H28ClNO3. The van der Waals surface area contributed by atoms with Gasteiger partial charge in [0.15, 0.2) is 0 Å². The van der Waals surface area contributed by atoms with Crippen molar-refractivity contribution in [2.24, 2.45) is 0 Å². The van der Waals surface area contributed by atoms with Crippen LogP contribution in [0.1, 0.15) is 44.6 Å². The van der Waals surface area contributed by atoms with E-state index in [-0.39, 0.29) is 24.9 Å². The number of unbranched alkanes of at least 4 members (excludes halogenated alkanes) is 1. The molecular weight excluding hydrogens is 386 g/mol. The zero-order valence-corrected chi connectivity index (χ0v) is 17.9. The molecule has 1 aromatic rings. The maximum atomic E-state index is 13.1. The topological polar surface area (TPSA) is 46.6 Å². The fourth-order valence-corrected chi connectivity index (χ4v) is 3.53. The average Bonchev–Trinajstić information content (AvgIpc) is 2.71. The van der Waals surface area contributed by atoms with E-state index >= 15 is 0 Å². The number of carbonyl (C=O) groups excluding carboxylic acids is 2. The Morgan fingerprint density at radius 1 is 1.31 bits per heavy atom. The smallest absolute Gasteiger partial charge is 0.336 e. The van der Waals surface area contributed by atoms with Crippen molar-refractivity contribution in [3.8, 4) is 0 Å². The third-order valence-electron chi connectivity index (χ3n) is 5.01. The predicted molar refractivity (Wildman–Crippen MR) is 118 cm³/mol. The van der Waals surface area contributed by atoms with Crippen LogP contribution in [0.5, 0.6) is 0 Å². The maximum absolute atomic E-state index is 13.1. The SMILES string of the molecule is C=C/C=C(\C=C)COC(=O)C1=C(C)N(CCCC)C(=O)CC1c1ccc(Cl)cc1. The summed E-state index contributed by atoms with van der Waals surface area (Å²) in [4.78, 5) is 27.6. The van der Waals surface area contributed by atoms with Crippen LogP contribution in [-0.2, 0) is 14.3 Å². The molecule has 0 saturated carbocycles. The number of nitrogens with zero attached hydrogens (tertiary/aromatic N) is 1. The third kappa shape index (κ3) is 5.70. The predicted octanol–water partition coefficient (Wildman–Crippen LogP) is 5.57. The number of allylic oxidation sites excluding steroid dienone is 3. The Kier molecular flexibility index (Phi) is 8.47. The van der Waals surface area contributed by atoms with E-state index < -0.39 is 5.97 Å². The molecule has 0 fully saturated rings. The van der Waals surface area contributed by atoms with Crippen molar-refractivity contribution in [2.45, 2.75) is 39.0 Å². The monoisotopic (exact) mass is 413 g/mol. The fraction of sp³-hybridized carbons (Fsp3) is 0.333. The molecule has 1 unspecified atom stereocenters. The molecule has 2 rings (SSSR count). The summed E-state index contributed by atoms with van der Waals surface area (Å²) in [6.07, 6.45) is 7.06. The molecule has 0 bridgehead atoms.